The molecule has 0 saturated carbocycles. The van der Waals surface area contributed by atoms with Crippen molar-refractivity contribution in [2.45, 2.75) is 6.92 Å². The molecule has 2 aromatic heterocycles. The van der Waals surface area contributed by atoms with Crippen LogP contribution in [-0.4, -0.2) is 32.0 Å². The van der Waals surface area contributed by atoms with Crippen molar-refractivity contribution in [1.82, 2.24) is 15.2 Å². The molecule has 3 aromatic rings. The van der Waals surface area contributed by atoms with E-state index < -0.39 is 0 Å². The average Bonchev–Trinajstić information content (AvgIpc) is 3.05. The summed E-state index contributed by atoms with van der Waals surface area (Å²) >= 11 is 0.924. The van der Waals surface area contributed by atoms with Crippen molar-refractivity contribution in [2.24, 2.45) is 0 Å². The molecule has 0 bridgehead atoms. The molecule has 1 aromatic carbocycles. The maximum atomic E-state index is 13.2. The SMILES string of the molecule is CC(=O)SCC(=O)Nc1n[nH]c(-c2ccc(F)cc2)c1-c1ccncc1. The Bertz CT molecular complexity index is 926. The zero-order valence-electron chi connectivity index (χ0n) is 13.8. The summed E-state index contributed by atoms with van der Waals surface area (Å²) in [5.41, 5.74) is 2.83. The number of carbonyl (C=O) groups is 2. The van der Waals surface area contributed by atoms with E-state index >= 15 is 0 Å². The summed E-state index contributed by atoms with van der Waals surface area (Å²) in [7, 11) is 0. The van der Waals surface area contributed by atoms with Gasteiger partial charge in [-0.15, -0.1) is 0 Å². The molecule has 6 nitrogen and oxygen atoms in total. The van der Waals surface area contributed by atoms with E-state index in [2.05, 4.69) is 20.5 Å². The summed E-state index contributed by atoms with van der Waals surface area (Å²) in [5.74, 6) is -0.333. The van der Waals surface area contributed by atoms with Gasteiger partial charge in [0.1, 0.15) is 5.82 Å². The van der Waals surface area contributed by atoms with E-state index in [1.165, 1.54) is 19.1 Å². The normalized spacial score (nSPS) is 10.5. The molecule has 0 radical (unpaired) electrons. The molecular formula is C18H15FN4O2S. The lowest BCUT2D eigenvalue weighted by atomic mass is 10.0. The molecular weight excluding hydrogens is 355 g/mol. The highest BCUT2D eigenvalue weighted by Gasteiger charge is 2.18. The van der Waals surface area contributed by atoms with Crippen LogP contribution in [0.3, 0.4) is 0 Å². The van der Waals surface area contributed by atoms with Crippen LogP contribution in [-0.2, 0) is 9.59 Å². The molecule has 0 spiro atoms. The number of anilines is 1. The monoisotopic (exact) mass is 370 g/mol. The van der Waals surface area contributed by atoms with E-state index in [1.807, 2.05) is 0 Å². The van der Waals surface area contributed by atoms with Gasteiger partial charge in [-0.1, -0.05) is 11.8 Å². The Kier molecular flexibility index (Phi) is 5.43. The molecule has 0 aliphatic rings. The molecule has 3 rings (SSSR count). The first-order valence-corrected chi connectivity index (χ1v) is 8.71. The van der Waals surface area contributed by atoms with Crippen LogP contribution in [0.5, 0.6) is 0 Å². The molecule has 26 heavy (non-hydrogen) atoms. The second-order valence-electron chi connectivity index (χ2n) is 5.39. The molecule has 0 aliphatic heterocycles. The fourth-order valence-corrected chi connectivity index (χ4v) is 2.80. The number of thioether (sulfide) groups is 1. The smallest absolute Gasteiger partial charge is 0.236 e. The standard InChI is InChI=1S/C18H15FN4O2S/c1-11(24)26-10-15(25)21-18-16(12-6-8-20-9-7-12)17(22-23-18)13-2-4-14(19)5-3-13/h2-9H,10H2,1H3,(H2,21,22,23,25). The number of carbonyl (C=O) groups excluding carboxylic acids is 2. The molecule has 0 unspecified atom stereocenters. The molecule has 2 heterocycles. The second-order valence-corrected chi connectivity index (χ2v) is 6.55. The van der Waals surface area contributed by atoms with Crippen molar-refractivity contribution < 1.29 is 14.0 Å². The number of benzene rings is 1. The Morgan fingerprint density at radius 3 is 2.46 bits per heavy atom. The molecule has 2 N–H and O–H groups in total. The van der Waals surface area contributed by atoms with Gasteiger partial charge in [-0.2, -0.15) is 5.10 Å². The third-order valence-electron chi connectivity index (χ3n) is 3.53. The van der Waals surface area contributed by atoms with Crippen molar-refractivity contribution in [3.8, 4) is 22.4 Å². The van der Waals surface area contributed by atoms with Crippen LogP contribution in [0, 0.1) is 5.82 Å². The van der Waals surface area contributed by atoms with Crippen molar-refractivity contribution in [2.75, 3.05) is 11.1 Å². The quantitative estimate of drug-likeness (QED) is 0.718. The number of pyridine rings is 1. The van der Waals surface area contributed by atoms with Crippen LogP contribution < -0.4 is 5.32 Å². The molecule has 1 amide bonds. The van der Waals surface area contributed by atoms with Crippen LogP contribution in [0.1, 0.15) is 6.92 Å². The molecule has 8 heteroatoms. The summed E-state index contributed by atoms with van der Waals surface area (Å²) in [6, 6.07) is 9.55. The highest BCUT2D eigenvalue weighted by atomic mass is 32.2. The van der Waals surface area contributed by atoms with E-state index in [-0.39, 0.29) is 22.6 Å². The lowest BCUT2D eigenvalue weighted by molar-refractivity contribution is -0.114. The van der Waals surface area contributed by atoms with Gasteiger partial charge in [0.25, 0.3) is 0 Å². The van der Waals surface area contributed by atoms with Crippen molar-refractivity contribution in [3.05, 3.63) is 54.6 Å². The van der Waals surface area contributed by atoms with Gasteiger partial charge >= 0.3 is 0 Å². The minimum Gasteiger partial charge on any atom is -0.308 e. The summed E-state index contributed by atoms with van der Waals surface area (Å²) in [5, 5.41) is 9.67. The fraction of sp³-hybridized carbons (Fsp3) is 0.111. The zero-order valence-corrected chi connectivity index (χ0v) is 14.6. The van der Waals surface area contributed by atoms with E-state index in [9.17, 15) is 14.0 Å². The van der Waals surface area contributed by atoms with E-state index in [0.29, 0.717) is 17.1 Å². The van der Waals surface area contributed by atoms with Gasteiger partial charge in [-0.25, -0.2) is 4.39 Å². The molecule has 0 aliphatic carbocycles. The highest BCUT2D eigenvalue weighted by molar-refractivity contribution is 8.14. The van der Waals surface area contributed by atoms with E-state index in [0.717, 1.165) is 22.9 Å². The Hall–Kier alpha value is -3.00. The van der Waals surface area contributed by atoms with Crippen molar-refractivity contribution >= 4 is 28.6 Å². The maximum absolute atomic E-state index is 13.2. The Balaban J connectivity index is 1.98. The first kappa shape index (κ1) is 17.8. The predicted molar refractivity (Wildman–Crippen MR) is 99.0 cm³/mol. The number of aromatic nitrogens is 3. The summed E-state index contributed by atoms with van der Waals surface area (Å²) in [6.45, 7) is 1.40. The Morgan fingerprint density at radius 2 is 1.81 bits per heavy atom. The van der Waals surface area contributed by atoms with Crippen LogP contribution in [0.25, 0.3) is 22.4 Å². The number of amides is 1. The van der Waals surface area contributed by atoms with Crippen LogP contribution in [0.2, 0.25) is 0 Å². The first-order chi connectivity index (χ1) is 12.5. The van der Waals surface area contributed by atoms with Gasteiger partial charge in [-0.05, 0) is 42.0 Å². The molecule has 0 fully saturated rings. The van der Waals surface area contributed by atoms with Crippen LogP contribution >= 0.6 is 11.8 Å². The number of aromatic amines is 1. The number of H-pyrrole nitrogens is 1. The predicted octanol–water partition coefficient (Wildman–Crippen LogP) is 3.50. The average molecular weight is 370 g/mol. The number of rotatable bonds is 5. The number of hydrogen-bond acceptors (Lipinski definition) is 5. The number of nitrogens with one attached hydrogen (secondary N) is 2. The van der Waals surface area contributed by atoms with Gasteiger partial charge in [0.15, 0.2) is 10.9 Å². The summed E-state index contributed by atoms with van der Waals surface area (Å²) < 4.78 is 13.2. The third-order valence-corrected chi connectivity index (χ3v) is 4.35. The molecule has 0 saturated heterocycles. The second kappa shape index (κ2) is 7.92. The number of hydrogen-bond donors (Lipinski definition) is 2. The largest absolute Gasteiger partial charge is 0.308 e. The minimum atomic E-state index is -0.339. The van der Waals surface area contributed by atoms with Gasteiger partial charge in [-0.3, -0.25) is 19.7 Å². The highest BCUT2D eigenvalue weighted by Crippen LogP contribution is 2.35. The number of nitrogens with zero attached hydrogens (tertiary/aromatic N) is 2. The van der Waals surface area contributed by atoms with Gasteiger partial charge in [0, 0.05) is 24.9 Å². The zero-order chi connectivity index (χ0) is 18.5. The summed E-state index contributed by atoms with van der Waals surface area (Å²) in [6.07, 6.45) is 3.27. The number of halogens is 1. The first-order valence-electron chi connectivity index (χ1n) is 7.72. The molecule has 0 atom stereocenters. The van der Waals surface area contributed by atoms with Gasteiger partial charge < -0.3 is 5.32 Å². The third kappa shape index (κ3) is 4.15. The topological polar surface area (TPSA) is 87.7 Å². The van der Waals surface area contributed by atoms with Crippen LogP contribution in [0.4, 0.5) is 10.2 Å². The van der Waals surface area contributed by atoms with Gasteiger partial charge in [0.2, 0.25) is 5.91 Å². The van der Waals surface area contributed by atoms with Crippen molar-refractivity contribution in [3.63, 3.8) is 0 Å². The molecule has 132 valence electrons. The van der Waals surface area contributed by atoms with Crippen LogP contribution in [0.15, 0.2) is 48.8 Å². The lowest BCUT2D eigenvalue weighted by Crippen LogP contribution is -2.15. The van der Waals surface area contributed by atoms with Crippen molar-refractivity contribution in [1.29, 1.82) is 0 Å². The fourth-order valence-electron chi connectivity index (χ4n) is 2.39. The minimum absolute atomic E-state index is 0.00383. The summed E-state index contributed by atoms with van der Waals surface area (Å²) in [4.78, 5) is 27.1. The Morgan fingerprint density at radius 1 is 1.12 bits per heavy atom. The maximum Gasteiger partial charge on any atom is 0.236 e. The van der Waals surface area contributed by atoms with E-state index in [4.69, 9.17) is 0 Å². The lowest BCUT2D eigenvalue weighted by Gasteiger charge is -2.07. The van der Waals surface area contributed by atoms with Gasteiger partial charge in [0.05, 0.1) is 17.0 Å². The van der Waals surface area contributed by atoms with E-state index in [1.54, 1.807) is 36.7 Å². The Labute approximate surface area is 153 Å².